The smallest absolute Gasteiger partial charge is 0.127 e. The number of piperidine rings is 1. The summed E-state index contributed by atoms with van der Waals surface area (Å²) in [5.74, 6) is 1.75. The lowest BCUT2D eigenvalue weighted by molar-refractivity contribution is 0.291. The van der Waals surface area contributed by atoms with Gasteiger partial charge in [0.05, 0.1) is 17.1 Å². The van der Waals surface area contributed by atoms with Crippen LogP contribution in [0.3, 0.4) is 0 Å². The second kappa shape index (κ2) is 4.56. The van der Waals surface area contributed by atoms with Crippen molar-refractivity contribution in [3.63, 3.8) is 0 Å². The third-order valence-corrected chi connectivity index (χ3v) is 4.16. The maximum atomic E-state index is 6.03. The van der Waals surface area contributed by atoms with Gasteiger partial charge in [0.25, 0.3) is 0 Å². The Bertz CT molecular complexity index is 576. The third-order valence-electron chi connectivity index (χ3n) is 3.93. The molecule has 1 fully saturated rings. The van der Waals surface area contributed by atoms with Crippen molar-refractivity contribution >= 4 is 22.6 Å². The molecule has 2 unspecified atom stereocenters. The Morgan fingerprint density at radius 3 is 3.06 bits per heavy atom. The topological polar surface area (TPSA) is 29.9 Å². The molecule has 2 atom stereocenters. The van der Waals surface area contributed by atoms with Crippen LogP contribution in [0.5, 0.6) is 0 Å². The molecule has 1 aromatic carbocycles. The Kier molecular flexibility index (Phi) is 3.04. The predicted octanol–water partition coefficient (Wildman–Crippen LogP) is 3.29. The fraction of sp³-hybridized carbons (Fsp3) is 0.500. The summed E-state index contributed by atoms with van der Waals surface area (Å²) < 4.78 is 2.19. The minimum atomic E-state index is 0.356. The van der Waals surface area contributed by atoms with Crippen LogP contribution < -0.4 is 5.32 Å². The van der Waals surface area contributed by atoms with E-state index in [9.17, 15) is 0 Å². The van der Waals surface area contributed by atoms with Crippen molar-refractivity contribution in [2.75, 3.05) is 6.54 Å². The van der Waals surface area contributed by atoms with Crippen LogP contribution in [0.2, 0.25) is 5.02 Å². The van der Waals surface area contributed by atoms with Gasteiger partial charge in [0.2, 0.25) is 0 Å². The fourth-order valence-corrected chi connectivity index (χ4v) is 3.03. The number of hydrogen-bond donors (Lipinski definition) is 1. The molecule has 18 heavy (non-hydrogen) atoms. The largest absolute Gasteiger partial charge is 0.330 e. The van der Waals surface area contributed by atoms with E-state index in [4.69, 9.17) is 16.6 Å². The van der Waals surface area contributed by atoms with E-state index in [1.807, 2.05) is 18.2 Å². The molecule has 4 heteroatoms. The van der Waals surface area contributed by atoms with Gasteiger partial charge in [-0.25, -0.2) is 4.98 Å². The second-order valence-corrected chi connectivity index (χ2v) is 5.65. The maximum absolute atomic E-state index is 6.03. The van der Waals surface area contributed by atoms with Crippen molar-refractivity contribution in [1.82, 2.24) is 14.9 Å². The van der Waals surface area contributed by atoms with Crippen LogP contribution in [0, 0.1) is 5.92 Å². The molecule has 0 spiro atoms. The number of imidazole rings is 1. The van der Waals surface area contributed by atoms with Gasteiger partial charge in [0, 0.05) is 12.1 Å². The van der Waals surface area contributed by atoms with Crippen LogP contribution in [-0.4, -0.2) is 16.1 Å². The van der Waals surface area contributed by atoms with E-state index in [1.165, 1.54) is 12.8 Å². The molecule has 1 aliphatic rings. The van der Waals surface area contributed by atoms with Gasteiger partial charge in [-0.05, 0) is 43.5 Å². The monoisotopic (exact) mass is 263 g/mol. The van der Waals surface area contributed by atoms with Crippen molar-refractivity contribution < 1.29 is 0 Å². The highest BCUT2D eigenvalue weighted by molar-refractivity contribution is 6.31. The summed E-state index contributed by atoms with van der Waals surface area (Å²) in [6.07, 6.45) is 2.52. The van der Waals surface area contributed by atoms with Crippen molar-refractivity contribution in [3.05, 3.63) is 29.0 Å². The number of benzene rings is 1. The molecule has 0 amide bonds. The minimum Gasteiger partial charge on any atom is -0.330 e. The van der Waals surface area contributed by atoms with Crippen LogP contribution in [0.4, 0.5) is 0 Å². The van der Waals surface area contributed by atoms with Crippen LogP contribution in [0.15, 0.2) is 18.2 Å². The Balaban J connectivity index is 2.08. The minimum absolute atomic E-state index is 0.356. The quantitative estimate of drug-likeness (QED) is 0.856. The molecule has 1 saturated heterocycles. The summed E-state index contributed by atoms with van der Waals surface area (Å²) in [4.78, 5) is 4.76. The summed E-state index contributed by atoms with van der Waals surface area (Å²) in [6.45, 7) is 3.38. The standard InChI is InChI=1S/C14H18ClN3/c1-9-4-3-7-16-13(9)14-17-11-8-10(15)5-6-12(11)18(14)2/h5-6,8-9,13,16H,3-4,7H2,1-2H3. The first-order valence-electron chi connectivity index (χ1n) is 6.52. The summed E-state index contributed by atoms with van der Waals surface area (Å²) in [7, 11) is 2.08. The van der Waals surface area contributed by atoms with Crippen LogP contribution in [0.25, 0.3) is 11.0 Å². The van der Waals surface area contributed by atoms with Gasteiger partial charge in [-0.3, -0.25) is 0 Å². The van der Waals surface area contributed by atoms with E-state index in [-0.39, 0.29) is 0 Å². The summed E-state index contributed by atoms with van der Waals surface area (Å²) >= 11 is 6.03. The fourth-order valence-electron chi connectivity index (χ4n) is 2.86. The van der Waals surface area contributed by atoms with Gasteiger partial charge in [-0.1, -0.05) is 18.5 Å². The molecule has 0 saturated carbocycles. The third kappa shape index (κ3) is 1.91. The number of nitrogens with one attached hydrogen (secondary N) is 1. The Morgan fingerprint density at radius 2 is 2.28 bits per heavy atom. The Morgan fingerprint density at radius 1 is 1.44 bits per heavy atom. The molecule has 3 nitrogen and oxygen atoms in total. The summed E-state index contributed by atoms with van der Waals surface area (Å²) in [6, 6.07) is 6.26. The Labute approximate surface area is 112 Å². The van der Waals surface area contributed by atoms with Gasteiger partial charge in [0.1, 0.15) is 5.82 Å². The van der Waals surface area contributed by atoms with E-state index in [1.54, 1.807) is 0 Å². The molecule has 0 aliphatic carbocycles. The molecular formula is C14H18ClN3. The average molecular weight is 264 g/mol. The number of aromatic nitrogens is 2. The SMILES string of the molecule is CC1CCCNC1c1nc2cc(Cl)ccc2n1C. The first-order valence-corrected chi connectivity index (χ1v) is 6.90. The zero-order valence-electron chi connectivity index (χ0n) is 10.8. The maximum Gasteiger partial charge on any atom is 0.127 e. The second-order valence-electron chi connectivity index (χ2n) is 5.21. The number of nitrogens with zero attached hydrogens (tertiary/aromatic N) is 2. The summed E-state index contributed by atoms with van der Waals surface area (Å²) in [5, 5.41) is 4.33. The van der Waals surface area contributed by atoms with E-state index in [2.05, 4.69) is 23.9 Å². The summed E-state index contributed by atoms with van der Waals surface area (Å²) in [5.41, 5.74) is 2.13. The molecule has 2 aromatic rings. The molecular weight excluding hydrogens is 246 g/mol. The zero-order valence-corrected chi connectivity index (χ0v) is 11.5. The number of fused-ring (bicyclic) bond motifs is 1. The lowest BCUT2D eigenvalue weighted by Crippen LogP contribution is -2.34. The lowest BCUT2D eigenvalue weighted by atomic mass is 9.92. The van der Waals surface area contributed by atoms with Crippen molar-refractivity contribution in [2.24, 2.45) is 13.0 Å². The number of hydrogen-bond acceptors (Lipinski definition) is 2. The van der Waals surface area contributed by atoms with E-state index in [0.717, 1.165) is 28.4 Å². The first kappa shape index (κ1) is 12.0. The highest BCUT2D eigenvalue weighted by atomic mass is 35.5. The first-order chi connectivity index (χ1) is 8.66. The van der Waals surface area contributed by atoms with Crippen molar-refractivity contribution in [1.29, 1.82) is 0 Å². The molecule has 2 heterocycles. The van der Waals surface area contributed by atoms with Gasteiger partial charge in [-0.15, -0.1) is 0 Å². The normalized spacial score (nSPS) is 24.6. The van der Waals surface area contributed by atoms with Gasteiger partial charge < -0.3 is 9.88 Å². The molecule has 0 radical (unpaired) electrons. The zero-order chi connectivity index (χ0) is 12.7. The van der Waals surface area contributed by atoms with Gasteiger partial charge in [-0.2, -0.15) is 0 Å². The molecule has 3 rings (SSSR count). The molecule has 1 aliphatic heterocycles. The van der Waals surface area contributed by atoms with Crippen molar-refractivity contribution in [2.45, 2.75) is 25.8 Å². The van der Waals surface area contributed by atoms with Crippen LogP contribution in [0.1, 0.15) is 31.6 Å². The van der Waals surface area contributed by atoms with E-state index in [0.29, 0.717) is 12.0 Å². The highest BCUT2D eigenvalue weighted by Crippen LogP contribution is 2.30. The van der Waals surface area contributed by atoms with Crippen molar-refractivity contribution in [3.8, 4) is 0 Å². The van der Waals surface area contributed by atoms with Crippen LogP contribution >= 0.6 is 11.6 Å². The predicted molar refractivity (Wildman–Crippen MR) is 74.9 cm³/mol. The molecule has 96 valence electrons. The van der Waals surface area contributed by atoms with E-state index < -0.39 is 0 Å². The van der Waals surface area contributed by atoms with Gasteiger partial charge >= 0.3 is 0 Å². The molecule has 1 N–H and O–H groups in total. The van der Waals surface area contributed by atoms with E-state index >= 15 is 0 Å². The van der Waals surface area contributed by atoms with Gasteiger partial charge in [0.15, 0.2) is 0 Å². The average Bonchev–Trinajstić information content (AvgIpc) is 2.67. The van der Waals surface area contributed by atoms with Crippen LogP contribution in [-0.2, 0) is 7.05 Å². The number of aryl methyl sites for hydroxylation is 1. The number of halogens is 1. The lowest BCUT2D eigenvalue weighted by Gasteiger charge is -2.29. The molecule has 0 bridgehead atoms. The Hall–Kier alpha value is -1.06. The highest BCUT2D eigenvalue weighted by Gasteiger charge is 2.26. The number of rotatable bonds is 1. The molecule has 1 aromatic heterocycles.